The molecule has 1 aromatic carbocycles. The van der Waals surface area contributed by atoms with Crippen LogP contribution in [-0.2, 0) is 19.3 Å². The summed E-state index contributed by atoms with van der Waals surface area (Å²) in [5.74, 6) is 2.97. The highest BCUT2D eigenvalue weighted by molar-refractivity contribution is 7.98. The van der Waals surface area contributed by atoms with Crippen LogP contribution in [0.2, 0.25) is 0 Å². The Hall–Kier alpha value is -2.39. The molecule has 0 spiro atoms. The topological polar surface area (TPSA) is 96.7 Å². The quantitative estimate of drug-likeness (QED) is 0.677. The zero-order valence-electron chi connectivity index (χ0n) is 12.9. The molecule has 0 saturated carbocycles. The van der Waals surface area contributed by atoms with Crippen LogP contribution in [0.3, 0.4) is 0 Å². The minimum atomic E-state index is 0.300. The van der Waals surface area contributed by atoms with Gasteiger partial charge in [0.2, 0.25) is 0 Å². The van der Waals surface area contributed by atoms with Crippen molar-refractivity contribution in [1.29, 1.82) is 0 Å². The Labute approximate surface area is 137 Å². The minimum Gasteiger partial charge on any atom is -0.497 e. The number of nitrogens with two attached hydrogens (primary N) is 1. The van der Waals surface area contributed by atoms with Gasteiger partial charge in [0.1, 0.15) is 17.9 Å². The molecular weight excluding hydrogens is 314 g/mol. The van der Waals surface area contributed by atoms with Crippen LogP contribution >= 0.6 is 11.8 Å². The first-order chi connectivity index (χ1) is 11.2. The van der Waals surface area contributed by atoms with Crippen molar-refractivity contribution in [1.82, 2.24) is 29.5 Å². The maximum Gasteiger partial charge on any atom is 0.196 e. The second-order valence-electron chi connectivity index (χ2n) is 4.79. The molecule has 0 saturated heterocycles. The smallest absolute Gasteiger partial charge is 0.196 e. The summed E-state index contributed by atoms with van der Waals surface area (Å²) in [6.07, 6.45) is 1.67. The summed E-state index contributed by atoms with van der Waals surface area (Å²) in [7, 11) is 3.55. The van der Waals surface area contributed by atoms with Gasteiger partial charge in [-0.05, 0) is 12.1 Å². The highest BCUT2D eigenvalue weighted by Crippen LogP contribution is 2.26. The van der Waals surface area contributed by atoms with Crippen LogP contribution in [-0.4, -0.2) is 36.6 Å². The first-order valence-electron chi connectivity index (χ1n) is 6.97. The number of nitrogens with zero attached hydrogens (tertiary/aromatic N) is 6. The molecule has 9 heteroatoms. The van der Waals surface area contributed by atoms with E-state index >= 15 is 0 Å². The zero-order valence-corrected chi connectivity index (χ0v) is 13.7. The SMILES string of the molecule is COc1cccc(-n2c(CN)nnc2SCc2nncn2C)c1. The predicted octanol–water partition coefficient (Wildman–Crippen LogP) is 1.16. The maximum absolute atomic E-state index is 5.80. The Morgan fingerprint density at radius 2 is 2.09 bits per heavy atom. The van der Waals surface area contributed by atoms with Gasteiger partial charge in [0.15, 0.2) is 11.0 Å². The standard InChI is InChI=1S/C14H17N7OS/c1-20-9-16-17-13(20)8-23-14-19-18-12(7-15)21(14)10-4-3-5-11(6-10)22-2/h3-6,9H,7-8,15H2,1-2H3. The molecule has 3 aromatic rings. The fraction of sp³-hybridized carbons (Fsp3) is 0.286. The number of hydrogen-bond acceptors (Lipinski definition) is 7. The van der Waals surface area contributed by atoms with Crippen LogP contribution in [0.15, 0.2) is 35.7 Å². The van der Waals surface area contributed by atoms with E-state index < -0.39 is 0 Å². The second-order valence-corrected chi connectivity index (χ2v) is 5.73. The Kier molecular flexibility index (Phi) is 4.58. The first kappa shape index (κ1) is 15.5. The van der Waals surface area contributed by atoms with Crippen molar-refractivity contribution in [2.45, 2.75) is 17.5 Å². The highest BCUT2D eigenvalue weighted by atomic mass is 32.2. The molecule has 2 aromatic heterocycles. The number of aromatic nitrogens is 6. The van der Waals surface area contributed by atoms with Crippen molar-refractivity contribution in [3.63, 3.8) is 0 Å². The Bertz CT molecular complexity index is 798. The fourth-order valence-corrected chi connectivity index (χ4v) is 3.06. The van der Waals surface area contributed by atoms with Gasteiger partial charge in [-0.15, -0.1) is 20.4 Å². The molecule has 0 aliphatic heterocycles. The number of hydrogen-bond donors (Lipinski definition) is 1. The van der Waals surface area contributed by atoms with Gasteiger partial charge in [-0.3, -0.25) is 4.57 Å². The summed E-state index contributed by atoms with van der Waals surface area (Å²) in [5.41, 5.74) is 6.71. The summed E-state index contributed by atoms with van der Waals surface area (Å²) >= 11 is 1.53. The van der Waals surface area contributed by atoms with Gasteiger partial charge >= 0.3 is 0 Å². The van der Waals surface area contributed by atoms with E-state index in [4.69, 9.17) is 10.5 Å². The molecule has 0 atom stereocenters. The van der Waals surface area contributed by atoms with Crippen molar-refractivity contribution in [3.8, 4) is 11.4 Å². The lowest BCUT2D eigenvalue weighted by Gasteiger charge is -2.10. The summed E-state index contributed by atoms with van der Waals surface area (Å²) < 4.78 is 9.10. The fourth-order valence-electron chi connectivity index (χ4n) is 2.10. The number of benzene rings is 1. The molecule has 0 amide bonds. The maximum atomic E-state index is 5.80. The van der Waals surface area contributed by atoms with Crippen molar-refractivity contribution in [2.75, 3.05) is 7.11 Å². The third-order valence-electron chi connectivity index (χ3n) is 3.33. The molecule has 0 fully saturated rings. The second kappa shape index (κ2) is 6.80. The van der Waals surface area contributed by atoms with Crippen LogP contribution in [0.1, 0.15) is 11.6 Å². The number of ether oxygens (including phenoxy) is 1. The molecule has 8 nitrogen and oxygen atoms in total. The normalized spacial score (nSPS) is 10.9. The summed E-state index contributed by atoms with van der Waals surface area (Å²) in [5, 5.41) is 17.1. The third-order valence-corrected chi connectivity index (χ3v) is 4.25. The summed E-state index contributed by atoms with van der Waals surface area (Å²) in [6.45, 7) is 0.300. The average Bonchev–Trinajstić information content (AvgIpc) is 3.18. The summed E-state index contributed by atoms with van der Waals surface area (Å²) in [4.78, 5) is 0. The van der Waals surface area contributed by atoms with Crippen LogP contribution in [0, 0.1) is 0 Å². The van der Waals surface area contributed by atoms with Crippen LogP contribution in [0.5, 0.6) is 5.75 Å². The predicted molar refractivity (Wildman–Crippen MR) is 86.4 cm³/mol. The minimum absolute atomic E-state index is 0.300. The average molecular weight is 331 g/mol. The molecule has 2 N–H and O–H groups in total. The van der Waals surface area contributed by atoms with Crippen molar-refractivity contribution in [3.05, 3.63) is 42.2 Å². The van der Waals surface area contributed by atoms with Crippen molar-refractivity contribution >= 4 is 11.8 Å². The van der Waals surface area contributed by atoms with E-state index in [2.05, 4.69) is 20.4 Å². The van der Waals surface area contributed by atoms with Crippen LogP contribution in [0.4, 0.5) is 0 Å². The highest BCUT2D eigenvalue weighted by Gasteiger charge is 2.15. The van der Waals surface area contributed by atoms with E-state index in [0.717, 1.165) is 22.4 Å². The molecule has 0 unspecified atom stereocenters. The number of thioether (sulfide) groups is 1. The molecular formula is C14H17N7OS. The zero-order chi connectivity index (χ0) is 16.2. The van der Waals surface area contributed by atoms with E-state index in [0.29, 0.717) is 18.1 Å². The van der Waals surface area contributed by atoms with Crippen molar-refractivity contribution in [2.24, 2.45) is 12.8 Å². The number of aryl methyl sites for hydroxylation is 1. The van der Waals surface area contributed by atoms with E-state index in [-0.39, 0.29) is 0 Å². The molecule has 0 radical (unpaired) electrons. The number of methoxy groups -OCH3 is 1. The third kappa shape index (κ3) is 3.20. The Morgan fingerprint density at radius 1 is 1.22 bits per heavy atom. The van der Waals surface area contributed by atoms with E-state index in [1.165, 1.54) is 11.8 Å². The van der Waals surface area contributed by atoms with E-state index in [9.17, 15) is 0 Å². The van der Waals surface area contributed by atoms with E-state index in [1.54, 1.807) is 13.4 Å². The van der Waals surface area contributed by atoms with Gasteiger partial charge < -0.3 is 15.0 Å². The van der Waals surface area contributed by atoms with Gasteiger partial charge in [-0.25, -0.2) is 0 Å². The van der Waals surface area contributed by atoms with Crippen LogP contribution in [0.25, 0.3) is 5.69 Å². The first-order valence-corrected chi connectivity index (χ1v) is 7.96. The lowest BCUT2D eigenvalue weighted by Crippen LogP contribution is -2.08. The van der Waals surface area contributed by atoms with E-state index in [1.807, 2.05) is 40.4 Å². The summed E-state index contributed by atoms with van der Waals surface area (Å²) in [6, 6.07) is 7.71. The molecule has 0 aliphatic carbocycles. The van der Waals surface area contributed by atoms with Crippen molar-refractivity contribution < 1.29 is 4.74 Å². The molecule has 2 heterocycles. The van der Waals surface area contributed by atoms with Crippen LogP contribution < -0.4 is 10.5 Å². The van der Waals surface area contributed by atoms with Gasteiger partial charge in [-0.1, -0.05) is 17.8 Å². The Balaban J connectivity index is 1.92. The lowest BCUT2D eigenvalue weighted by atomic mass is 10.3. The molecule has 120 valence electrons. The molecule has 0 aliphatic rings. The number of rotatable bonds is 6. The van der Waals surface area contributed by atoms with Gasteiger partial charge in [0.25, 0.3) is 0 Å². The van der Waals surface area contributed by atoms with Gasteiger partial charge in [-0.2, -0.15) is 0 Å². The lowest BCUT2D eigenvalue weighted by molar-refractivity contribution is 0.414. The molecule has 23 heavy (non-hydrogen) atoms. The largest absolute Gasteiger partial charge is 0.497 e. The molecule has 3 rings (SSSR count). The van der Waals surface area contributed by atoms with Gasteiger partial charge in [0, 0.05) is 13.1 Å². The van der Waals surface area contributed by atoms with Gasteiger partial charge in [0.05, 0.1) is 25.1 Å². The Morgan fingerprint density at radius 3 is 2.78 bits per heavy atom. The molecule has 0 bridgehead atoms. The monoisotopic (exact) mass is 331 g/mol.